The number of piperidine rings is 2. The zero-order chi connectivity index (χ0) is 13.2. The molecule has 0 radical (unpaired) electrons. The molecule has 3 fully saturated rings. The van der Waals surface area contributed by atoms with Crippen LogP contribution in [0.5, 0.6) is 0 Å². The smallest absolute Gasteiger partial charge is 0.00988 e. The highest BCUT2D eigenvalue weighted by molar-refractivity contribution is 4.93. The maximum Gasteiger partial charge on any atom is 0.00988 e. The topological polar surface area (TPSA) is 18.5 Å². The van der Waals surface area contributed by atoms with Gasteiger partial charge in [0.05, 0.1) is 0 Å². The van der Waals surface area contributed by atoms with E-state index in [0.717, 1.165) is 23.9 Å². The third kappa shape index (κ3) is 3.32. The van der Waals surface area contributed by atoms with Gasteiger partial charge in [0.15, 0.2) is 0 Å². The molecule has 2 bridgehead atoms. The fourth-order valence-electron chi connectivity index (χ4n) is 4.62. The molecule has 3 heterocycles. The molecule has 0 saturated carbocycles. The molecule has 0 spiro atoms. The summed E-state index contributed by atoms with van der Waals surface area (Å²) in [4.78, 5) is 5.14. The third-order valence-corrected chi connectivity index (χ3v) is 5.78. The average molecular weight is 265 g/mol. The van der Waals surface area contributed by atoms with Crippen molar-refractivity contribution in [2.24, 2.45) is 11.8 Å². The third-order valence-electron chi connectivity index (χ3n) is 5.78. The second kappa shape index (κ2) is 6.11. The van der Waals surface area contributed by atoms with Crippen LogP contribution in [0.3, 0.4) is 0 Å². The summed E-state index contributed by atoms with van der Waals surface area (Å²) < 4.78 is 0. The molecule has 0 aliphatic carbocycles. The van der Waals surface area contributed by atoms with E-state index in [-0.39, 0.29) is 0 Å². The Hall–Kier alpha value is -0.120. The normalized spacial score (nSPS) is 40.7. The lowest BCUT2D eigenvalue weighted by Crippen LogP contribution is -2.44. The van der Waals surface area contributed by atoms with Crippen LogP contribution in [-0.2, 0) is 0 Å². The molecule has 3 aliphatic heterocycles. The first-order valence-electron chi connectivity index (χ1n) is 8.33. The van der Waals surface area contributed by atoms with E-state index in [1.807, 2.05) is 0 Å². The van der Waals surface area contributed by atoms with Crippen LogP contribution in [0.1, 0.15) is 38.5 Å². The van der Waals surface area contributed by atoms with Crippen molar-refractivity contribution >= 4 is 0 Å². The molecule has 0 aromatic heterocycles. The maximum atomic E-state index is 3.78. The van der Waals surface area contributed by atoms with Crippen LogP contribution in [-0.4, -0.2) is 62.2 Å². The van der Waals surface area contributed by atoms with E-state index in [1.165, 1.54) is 64.7 Å². The molecule has 0 amide bonds. The van der Waals surface area contributed by atoms with Crippen molar-refractivity contribution in [1.82, 2.24) is 15.1 Å². The van der Waals surface area contributed by atoms with Crippen LogP contribution < -0.4 is 5.32 Å². The molecule has 19 heavy (non-hydrogen) atoms. The predicted molar refractivity (Wildman–Crippen MR) is 80.4 cm³/mol. The molecular formula is C16H31N3. The van der Waals surface area contributed by atoms with Gasteiger partial charge in [-0.2, -0.15) is 0 Å². The molecule has 1 N–H and O–H groups in total. The SMILES string of the molecule is CN1CCCC(CNCC2CC3CCC(C2)N3C)C1. The number of nitrogens with one attached hydrogen (secondary N) is 1. The molecule has 3 saturated heterocycles. The summed E-state index contributed by atoms with van der Waals surface area (Å²) in [5.41, 5.74) is 0. The number of nitrogens with zero attached hydrogens (tertiary/aromatic N) is 2. The van der Waals surface area contributed by atoms with Gasteiger partial charge in [-0.1, -0.05) is 0 Å². The summed E-state index contributed by atoms with van der Waals surface area (Å²) in [6.07, 6.45) is 8.59. The molecule has 0 aromatic carbocycles. The van der Waals surface area contributed by atoms with Gasteiger partial charge in [0.25, 0.3) is 0 Å². The van der Waals surface area contributed by atoms with Crippen LogP contribution in [0.4, 0.5) is 0 Å². The van der Waals surface area contributed by atoms with Crippen molar-refractivity contribution in [3.05, 3.63) is 0 Å². The predicted octanol–water partition coefficient (Wildman–Crippen LogP) is 1.79. The number of rotatable bonds is 4. The van der Waals surface area contributed by atoms with Gasteiger partial charge < -0.3 is 15.1 Å². The lowest BCUT2D eigenvalue weighted by molar-refractivity contribution is 0.130. The largest absolute Gasteiger partial charge is 0.316 e. The molecule has 3 unspecified atom stereocenters. The zero-order valence-corrected chi connectivity index (χ0v) is 12.8. The molecule has 3 atom stereocenters. The van der Waals surface area contributed by atoms with Gasteiger partial charge in [0, 0.05) is 18.6 Å². The molecule has 110 valence electrons. The number of hydrogen-bond donors (Lipinski definition) is 1. The van der Waals surface area contributed by atoms with Gasteiger partial charge in [0.1, 0.15) is 0 Å². The summed E-state index contributed by atoms with van der Waals surface area (Å²) in [7, 11) is 4.60. The Kier molecular flexibility index (Phi) is 4.45. The van der Waals surface area contributed by atoms with Crippen molar-refractivity contribution in [3.63, 3.8) is 0 Å². The first-order chi connectivity index (χ1) is 9.22. The molecule has 3 heteroatoms. The Balaban J connectivity index is 1.37. The van der Waals surface area contributed by atoms with E-state index in [1.54, 1.807) is 0 Å². The van der Waals surface area contributed by atoms with Crippen LogP contribution in [0.2, 0.25) is 0 Å². The van der Waals surface area contributed by atoms with E-state index >= 15 is 0 Å². The highest BCUT2D eigenvalue weighted by Crippen LogP contribution is 2.37. The minimum Gasteiger partial charge on any atom is -0.316 e. The van der Waals surface area contributed by atoms with Crippen LogP contribution in [0.15, 0.2) is 0 Å². The van der Waals surface area contributed by atoms with E-state index in [0.29, 0.717) is 0 Å². The highest BCUT2D eigenvalue weighted by atomic mass is 15.2. The van der Waals surface area contributed by atoms with Gasteiger partial charge in [-0.25, -0.2) is 0 Å². The Morgan fingerprint density at radius 3 is 2.32 bits per heavy atom. The van der Waals surface area contributed by atoms with E-state index in [9.17, 15) is 0 Å². The molecule has 0 aromatic rings. The standard InChI is InChI=1S/C16H31N3/c1-18-7-3-4-13(12-18)10-17-11-14-8-15-5-6-16(9-14)19(15)2/h13-17H,3-12H2,1-2H3. The Labute approximate surface area is 118 Å². The van der Waals surface area contributed by atoms with E-state index in [2.05, 4.69) is 29.2 Å². The molecule has 3 aliphatic rings. The summed E-state index contributed by atoms with van der Waals surface area (Å²) in [5, 5.41) is 3.78. The van der Waals surface area contributed by atoms with Crippen molar-refractivity contribution in [3.8, 4) is 0 Å². The quantitative estimate of drug-likeness (QED) is 0.836. The Bertz CT molecular complexity index is 280. The Morgan fingerprint density at radius 2 is 1.63 bits per heavy atom. The number of hydrogen-bond acceptors (Lipinski definition) is 3. The highest BCUT2D eigenvalue weighted by Gasteiger charge is 2.38. The first-order valence-corrected chi connectivity index (χ1v) is 8.33. The van der Waals surface area contributed by atoms with Gasteiger partial charge in [-0.3, -0.25) is 0 Å². The van der Waals surface area contributed by atoms with Gasteiger partial charge in [-0.05, 0) is 84.1 Å². The average Bonchev–Trinajstić information content (AvgIpc) is 2.63. The van der Waals surface area contributed by atoms with Gasteiger partial charge in [-0.15, -0.1) is 0 Å². The Morgan fingerprint density at radius 1 is 0.947 bits per heavy atom. The van der Waals surface area contributed by atoms with Crippen LogP contribution in [0, 0.1) is 11.8 Å². The summed E-state index contributed by atoms with van der Waals surface area (Å²) in [6, 6.07) is 1.79. The summed E-state index contributed by atoms with van der Waals surface area (Å²) in [6.45, 7) is 5.10. The van der Waals surface area contributed by atoms with Crippen LogP contribution in [0.25, 0.3) is 0 Å². The van der Waals surface area contributed by atoms with Gasteiger partial charge >= 0.3 is 0 Å². The van der Waals surface area contributed by atoms with E-state index in [4.69, 9.17) is 0 Å². The van der Waals surface area contributed by atoms with Crippen molar-refractivity contribution < 1.29 is 0 Å². The lowest BCUT2D eigenvalue weighted by atomic mass is 9.90. The second-order valence-corrected chi connectivity index (χ2v) is 7.32. The number of likely N-dealkylation sites (tertiary alicyclic amines) is 1. The fraction of sp³-hybridized carbons (Fsp3) is 1.00. The first kappa shape index (κ1) is 13.8. The number of fused-ring (bicyclic) bond motifs is 2. The molecule has 3 nitrogen and oxygen atoms in total. The monoisotopic (exact) mass is 265 g/mol. The maximum absolute atomic E-state index is 3.78. The minimum absolute atomic E-state index is 0.890. The summed E-state index contributed by atoms with van der Waals surface area (Å²) >= 11 is 0. The van der Waals surface area contributed by atoms with Crippen molar-refractivity contribution in [2.45, 2.75) is 50.6 Å². The lowest BCUT2D eigenvalue weighted by Gasteiger charge is -2.37. The molecule has 3 rings (SSSR count). The second-order valence-electron chi connectivity index (χ2n) is 7.32. The molecular weight excluding hydrogens is 234 g/mol. The minimum atomic E-state index is 0.890. The zero-order valence-electron chi connectivity index (χ0n) is 12.8. The summed E-state index contributed by atoms with van der Waals surface area (Å²) in [5.74, 6) is 1.83. The van der Waals surface area contributed by atoms with E-state index < -0.39 is 0 Å². The van der Waals surface area contributed by atoms with Crippen molar-refractivity contribution in [2.75, 3.05) is 40.3 Å². The fourth-order valence-corrected chi connectivity index (χ4v) is 4.62. The van der Waals surface area contributed by atoms with Crippen molar-refractivity contribution in [1.29, 1.82) is 0 Å². The van der Waals surface area contributed by atoms with Gasteiger partial charge in [0.2, 0.25) is 0 Å². The van der Waals surface area contributed by atoms with Crippen LogP contribution >= 0.6 is 0 Å².